The van der Waals surface area contributed by atoms with Crippen molar-refractivity contribution < 1.29 is 4.79 Å². The number of hydrogen-bond donors (Lipinski definition) is 1. The van der Waals surface area contributed by atoms with Gasteiger partial charge in [-0.1, -0.05) is 0 Å². The average molecular weight is 168 g/mol. The maximum Gasteiger partial charge on any atom is 0.361 e. The second-order valence-electron chi connectivity index (χ2n) is 2.83. The molecule has 0 amide bonds. The zero-order valence-electron chi connectivity index (χ0n) is 6.36. The van der Waals surface area contributed by atoms with Crippen LogP contribution in [-0.2, 0) is 4.79 Å². The second-order valence-corrected chi connectivity index (χ2v) is 2.83. The van der Waals surface area contributed by atoms with E-state index < -0.39 is 5.69 Å². The summed E-state index contributed by atoms with van der Waals surface area (Å²) in [5.41, 5.74) is -0.407. The maximum absolute atomic E-state index is 11.2. The summed E-state index contributed by atoms with van der Waals surface area (Å²) in [6, 6.07) is -0.378. The molecule has 1 aromatic heterocycles. The highest BCUT2D eigenvalue weighted by Crippen LogP contribution is 2.23. The number of H-pyrrole nitrogens is 1. The fourth-order valence-electron chi connectivity index (χ4n) is 1.46. The molecule has 1 atom stereocenters. The summed E-state index contributed by atoms with van der Waals surface area (Å²) in [5, 5.41) is 9.01. The van der Waals surface area contributed by atoms with Crippen LogP contribution in [0.15, 0.2) is 4.79 Å². The van der Waals surface area contributed by atoms with E-state index in [0.717, 1.165) is 11.1 Å². The Morgan fingerprint density at radius 3 is 2.83 bits per heavy atom. The molecule has 1 fully saturated rings. The molecule has 0 aromatic carbocycles. The number of tetrazole rings is 1. The van der Waals surface area contributed by atoms with Gasteiger partial charge in [0, 0.05) is 6.42 Å². The van der Waals surface area contributed by atoms with Crippen LogP contribution in [0.2, 0.25) is 0 Å². The molecule has 1 saturated carbocycles. The van der Waals surface area contributed by atoms with Gasteiger partial charge in [-0.05, 0) is 23.3 Å². The average Bonchev–Trinajstić information content (AvgIpc) is 2.59. The third-order valence-electron chi connectivity index (χ3n) is 2.06. The molecule has 6 nitrogen and oxygen atoms in total. The van der Waals surface area contributed by atoms with Gasteiger partial charge < -0.3 is 0 Å². The first-order valence-electron chi connectivity index (χ1n) is 3.81. The number of nitrogens with one attached hydrogen (secondary N) is 1. The molecule has 12 heavy (non-hydrogen) atoms. The minimum absolute atomic E-state index is 0.0750. The second kappa shape index (κ2) is 2.54. The third kappa shape index (κ3) is 0.956. The molecule has 6 heteroatoms. The lowest BCUT2D eigenvalue weighted by Gasteiger charge is -2.03. The normalized spacial score (nSPS) is 23.3. The standard InChI is InChI=1S/C6H8N4O2/c11-5-3-1-2-4(5)10-6(12)7-8-9-10/h4H,1-3H2,(H,7,9,12). The lowest BCUT2D eigenvalue weighted by atomic mass is 10.2. The van der Waals surface area contributed by atoms with E-state index in [9.17, 15) is 9.59 Å². The molecule has 0 aliphatic heterocycles. The summed E-state index contributed by atoms with van der Waals surface area (Å²) < 4.78 is 1.12. The van der Waals surface area contributed by atoms with Gasteiger partial charge in [0.05, 0.1) is 0 Å². The Balaban J connectivity index is 2.36. The lowest BCUT2D eigenvalue weighted by Crippen LogP contribution is -2.26. The summed E-state index contributed by atoms with van der Waals surface area (Å²) >= 11 is 0. The molecule has 1 aliphatic carbocycles. The lowest BCUT2D eigenvalue weighted by molar-refractivity contribution is -0.120. The van der Waals surface area contributed by atoms with Crippen LogP contribution >= 0.6 is 0 Å². The monoisotopic (exact) mass is 168 g/mol. The van der Waals surface area contributed by atoms with Gasteiger partial charge in [0.25, 0.3) is 0 Å². The first-order chi connectivity index (χ1) is 5.79. The molecule has 1 N–H and O–H groups in total. The molecule has 2 rings (SSSR count). The Labute approximate surface area is 67.6 Å². The third-order valence-corrected chi connectivity index (χ3v) is 2.06. The molecule has 0 radical (unpaired) electrons. The highest BCUT2D eigenvalue weighted by molar-refractivity contribution is 5.84. The van der Waals surface area contributed by atoms with Crippen molar-refractivity contribution >= 4 is 5.78 Å². The molecule has 1 aliphatic rings. The van der Waals surface area contributed by atoms with E-state index >= 15 is 0 Å². The largest absolute Gasteiger partial charge is 0.361 e. The number of rotatable bonds is 1. The fraction of sp³-hybridized carbons (Fsp3) is 0.667. The van der Waals surface area contributed by atoms with E-state index in [4.69, 9.17) is 0 Å². The highest BCUT2D eigenvalue weighted by Gasteiger charge is 2.28. The van der Waals surface area contributed by atoms with Crippen molar-refractivity contribution in [1.82, 2.24) is 20.2 Å². The van der Waals surface area contributed by atoms with Crippen LogP contribution in [0.1, 0.15) is 25.3 Å². The Kier molecular flexibility index (Phi) is 1.53. The fourth-order valence-corrected chi connectivity index (χ4v) is 1.46. The van der Waals surface area contributed by atoms with E-state index in [1.54, 1.807) is 0 Å². The number of ketones is 1. The Morgan fingerprint density at radius 2 is 2.33 bits per heavy atom. The molecular formula is C6H8N4O2. The van der Waals surface area contributed by atoms with Gasteiger partial charge in [-0.3, -0.25) is 4.79 Å². The zero-order valence-corrected chi connectivity index (χ0v) is 6.36. The number of aromatic nitrogens is 4. The molecule has 1 heterocycles. The molecule has 1 unspecified atom stereocenters. The molecule has 64 valence electrons. The van der Waals surface area contributed by atoms with Gasteiger partial charge in [0.15, 0.2) is 5.78 Å². The summed E-state index contributed by atoms with van der Waals surface area (Å²) in [7, 11) is 0. The van der Waals surface area contributed by atoms with Crippen LogP contribution in [-0.4, -0.2) is 26.0 Å². The van der Waals surface area contributed by atoms with Gasteiger partial charge in [0.2, 0.25) is 0 Å². The summed E-state index contributed by atoms with van der Waals surface area (Å²) in [5.74, 6) is 0.0750. The van der Waals surface area contributed by atoms with Gasteiger partial charge >= 0.3 is 5.69 Å². The molecule has 1 aromatic rings. The molecule has 0 saturated heterocycles. The van der Waals surface area contributed by atoms with E-state index in [2.05, 4.69) is 15.5 Å². The van der Waals surface area contributed by atoms with Gasteiger partial charge in [-0.15, -0.1) is 0 Å². The van der Waals surface area contributed by atoms with E-state index in [1.165, 1.54) is 0 Å². The quantitative estimate of drug-likeness (QED) is 0.598. The maximum atomic E-state index is 11.2. The summed E-state index contributed by atoms with van der Waals surface area (Å²) in [6.45, 7) is 0. The van der Waals surface area contributed by atoms with E-state index in [1.807, 2.05) is 0 Å². The van der Waals surface area contributed by atoms with Crippen LogP contribution < -0.4 is 5.69 Å². The number of carbonyl (C=O) groups is 1. The van der Waals surface area contributed by atoms with Gasteiger partial charge in [0.1, 0.15) is 6.04 Å². The van der Waals surface area contributed by atoms with Crippen molar-refractivity contribution in [3.63, 3.8) is 0 Å². The van der Waals surface area contributed by atoms with Crippen molar-refractivity contribution in [3.8, 4) is 0 Å². The Bertz CT molecular complexity index is 352. The van der Waals surface area contributed by atoms with E-state index in [0.29, 0.717) is 12.8 Å². The molecular weight excluding hydrogens is 160 g/mol. The SMILES string of the molecule is O=C1CCCC1n1nn[nH]c1=O. The van der Waals surface area contributed by atoms with Crippen molar-refractivity contribution in [3.05, 3.63) is 10.5 Å². The number of hydrogen-bond acceptors (Lipinski definition) is 4. The number of aromatic amines is 1. The van der Waals surface area contributed by atoms with Crippen LogP contribution in [0.4, 0.5) is 0 Å². The predicted molar refractivity (Wildman–Crippen MR) is 38.5 cm³/mol. The van der Waals surface area contributed by atoms with Crippen molar-refractivity contribution in [1.29, 1.82) is 0 Å². The van der Waals surface area contributed by atoms with E-state index in [-0.39, 0.29) is 11.8 Å². The van der Waals surface area contributed by atoms with Gasteiger partial charge in [-0.2, -0.15) is 4.68 Å². The number of nitrogens with zero attached hydrogens (tertiary/aromatic N) is 3. The first-order valence-corrected chi connectivity index (χ1v) is 3.81. The van der Waals surface area contributed by atoms with Crippen LogP contribution in [0, 0.1) is 0 Å². The predicted octanol–water partition coefficient (Wildman–Crippen LogP) is -0.740. The van der Waals surface area contributed by atoms with Crippen LogP contribution in [0.25, 0.3) is 0 Å². The minimum Gasteiger partial charge on any atom is -0.297 e. The van der Waals surface area contributed by atoms with Crippen LogP contribution in [0.5, 0.6) is 0 Å². The van der Waals surface area contributed by atoms with Crippen molar-refractivity contribution in [2.75, 3.05) is 0 Å². The zero-order chi connectivity index (χ0) is 8.55. The summed E-state index contributed by atoms with van der Waals surface area (Å²) in [6.07, 6.45) is 2.08. The topological polar surface area (TPSA) is 80.6 Å². The molecule has 0 bridgehead atoms. The van der Waals surface area contributed by atoms with Crippen LogP contribution in [0.3, 0.4) is 0 Å². The Morgan fingerprint density at radius 1 is 1.50 bits per heavy atom. The number of Topliss-reactive ketones (excluding diaryl/α,β-unsaturated/α-hetero) is 1. The van der Waals surface area contributed by atoms with Crippen molar-refractivity contribution in [2.45, 2.75) is 25.3 Å². The smallest absolute Gasteiger partial charge is 0.297 e. The number of carbonyl (C=O) groups excluding carboxylic acids is 1. The van der Waals surface area contributed by atoms with Crippen molar-refractivity contribution in [2.24, 2.45) is 0 Å². The minimum atomic E-state index is -0.407. The first kappa shape index (κ1) is 7.20. The Hall–Kier alpha value is -1.46. The van der Waals surface area contributed by atoms with Gasteiger partial charge in [-0.25, -0.2) is 9.89 Å². The highest BCUT2D eigenvalue weighted by atomic mass is 16.2. The summed E-state index contributed by atoms with van der Waals surface area (Å²) in [4.78, 5) is 22.2. The molecule has 0 spiro atoms.